The summed E-state index contributed by atoms with van der Waals surface area (Å²) in [6.45, 7) is 7.38. The van der Waals surface area contributed by atoms with E-state index in [4.69, 9.17) is 20.3 Å². The fraction of sp³-hybridized carbons (Fsp3) is 0.792. The Morgan fingerprint density at radius 1 is 1.12 bits per heavy atom. The molecule has 1 saturated carbocycles. The third-order valence-corrected chi connectivity index (χ3v) is 6.07. The Hall–Kier alpha value is -2.13. The number of rotatable bonds is 20. The van der Waals surface area contributed by atoms with Gasteiger partial charge in [-0.05, 0) is 62.8 Å². The lowest BCUT2D eigenvalue weighted by molar-refractivity contribution is -0.138. The van der Waals surface area contributed by atoms with E-state index in [9.17, 15) is 14.4 Å². The zero-order valence-corrected chi connectivity index (χ0v) is 20.1. The molecule has 0 aliphatic heterocycles. The maximum atomic E-state index is 12.5. The van der Waals surface area contributed by atoms with E-state index in [0.29, 0.717) is 43.7 Å². The van der Waals surface area contributed by atoms with E-state index < -0.39 is 18.1 Å². The average molecular weight is 470 g/mol. The van der Waals surface area contributed by atoms with Gasteiger partial charge in [-0.25, -0.2) is 4.79 Å². The number of nitrogens with two attached hydrogens (primary N) is 1. The van der Waals surface area contributed by atoms with Gasteiger partial charge in [-0.15, -0.1) is 6.58 Å². The molecule has 0 aromatic heterocycles. The molecule has 5 N–H and O–H groups in total. The number of unbranched alkanes of at least 4 members (excludes halogenated alkanes) is 2. The number of hydrogen-bond acceptors (Lipinski definition) is 6. The van der Waals surface area contributed by atoms with E-state index in [0.717, 1.165) is 32.1 Å². The van der Waals surface area contributed by atoms with Crippen molar-refractivity contribution in [3.63, 3.8) is 0 Å². The predicted octanol–water partition coefficient (Wildman–Crippen LogP) is 2.84. The van der Waals surface area contributed by atoms with Crippen molar-refractivity contribution in [1.29, 1.82) is 0 Å². The van der Waals surface area contributed by atoms with Crippen molar-refractivity contribution in [3.8, 4) is 0 Å². The number of hydrogen-bond donors (Lipinski definition) is 4. The lowest BCUT2D eigenvalue weighted by Crippen LogP contribution is -2.47. The Balaban J connectivity index is 2.43. The van der Waals surface area contributed by atoms with E-state index >= 15 is 0 Å². The Morgan fingerprint density at radius 2 is 1.88 bits per heavy atom. The molecular formula is C24H43N3O6. The summed E-state index contributed by atoms with van der Waals surface area (Å²) in [6.07, 6.45) is 8.73. The number of carbonyl (C=O) groups excluding carboxylic acids is 2. The van der Waals surface area contributed by atoms with E-state index in [1.807, 2.05) is 6.08 Å². The van der Waals surface area contributed by atoms with Crippen molar-refractivity contribution in [3.05, 3.63) is 12.7 Å². The topological polar surface area (TPSA) is 140 Å². The molecule has 0 aromatic rings. The van der Waals surface area contributed by atoms with Gasteiger partial charge in [0, 0.05) is 6.54 Å². The first-order valence-electron chi connectivity index (χ1n) is 12.3. The lowest BCUT2D eigenvalue weighted by Gasteiger charge is -2.18. The molecular weight excluding hydrogens is 426 g/mol. The van der Waals surface area contributed by atoms with Crippen LogP contribution in [0.25, 0.3) is 0 Å². The Morgan fingerprint density at radius 3 is 2.55 bits per heavy atom. The van der Waals surface area contributed by atoms with Crippen LogP contribution >= 0.6 is 0 Å². The van der Waals surface area contributed by atoms with Crippen LogP contribution in [0.1, 0.15) is 64.7 Å². The molecule has 4 unspecified atom stereocenters. The second kappa shape index (κ2) is 17.4. The minimum absolute atomic E-state index is 0.0855. The molecule has 33 heavy (non-hydrogen) atoms. The molecule has 0 spiro atoms. The van der Waals surface area contributed by atoms with Gasteiger partial charge in [-0.3, -0.25) is 9.59 Å². The van der Waals surface area contributed by atoms with Crippen LogP contribution in [0.3, 0.4) is 0 Å². The number of carboxylic acids is 1. The number of carbonyl (C=O) groups is 3. The van der Waals surface area contributed by atoms with E-state index in [2.05, 4.69) is 24.1 Å². The highest BCUT2D eigenvalue weighted by Gasteiger charge is 2.48. The summed E-state index contributed by atoms with van der Waals surface area (Å²) >= 11 is 0. The van der Waals surface area contributed by atoms with Gasteiger partial charge in [0.1, 0.15) is 6.04 Å². The molecule has 9 heteroatoms. The predicted molar refractivity (Wildman–Crippen MR) is 127 cm³/mol. The fourth-order valence-electron chi connectivity index (χ4n) is 4.13. The molecule has 9 nitrogen and oxygen atoms in total. The summed E-state index contributed by atoms with van der Waals surface area (Å²) in [5.41, 5.74) is 5.55. The van der Waals surface area contributed by atoms with Gasteiger partial charge in [0.05, 0.1) is 26.2 Å². The van der Waals surface area contributed by atoms with Crippen molar-refractivity contribution in [2.45, 2.75) is 70.8 Å². The number of amides is 2. The molecule has 2 amide bonds. The van der Waals surface area contributed by atoms with Crippen molar-refractivity contribution in [2.75, 3.05) is 32.9 Å². The normalized spacial score (nSPS) is 20.0. The second-order valence-corrected chi connectivity index (χ2v) is 8.63. The summed E-state index contributed by atoms with van der Waals surface area (Å²) in [5.74, 6) is 0.308. The van der Waals surface area contributed by atoms with Crippen molar-refractivity contribution >= 4 is 18.0 Å². The molecule has 0 saturated heterocycles. The summed E-state index contributed by atoms with van der Waals surface area (Å²) in [4.78, 5) is 35.4. The average Bonchev–Trinajstić information content (AvgIpc) is 3.47. The third-order valence-electron chi connectivity index (χ3n) is 6.07. The fourth-order valence-corrected chi connectivity index (χ4v) is 4.13. The molecule has 0 radical (unpaired) electrons. The lowest BCUT2D eigenvalue weighted by atomic mass is 10.1. The number of carboxylic acid groups (broad SMARTS) is 1. The van der Waals surface area contributed by atoms with E-state index in [1.165, 1.54) is 6.42 Å². The third kappa shape index (κ3) is 12.6. The number of aliphatic carboxylic acids is 1. The van der Waals surface area contributed by atoms with Gasteiger partial charge in [0.25, 0.3) is 0 Å². The highest BCUT2D eigenvalue weighted by molar-refractivity contribution is 5.85. The van der Waals surface area contributed by atoms with Gasteiger partial charge < -0.3 is 30.9 Å². The first-order valence-corrected chi connectivity index (χ1v) is 12.3. The van der Waals surface area contributed by atoms with E-state index in [-0.39, 0.29) is 32.1 Å². The van der Waals surface area contributed by atoms with Crippen LogP contribution in [0.4, 0.5) is 4.79 Å². The highest BCUT2D eigenvalue weighted by Crippen LogP contribution is 2.52. The van der Waals surface area contributed by atoms with Crippen LogP contribution in [0, 0.1) is 17.8 Å². The standard InChI is InChI=1S/C24H43N3O6/c1-3-5-9-18-19(10-6-4-2)20(18)17-33-24(31)27-21(11-7-8-13-25)23(30)26-14-16-32-15-12-22(28)29/h3,18-21H,1,4-17,25H2,2H3,(H,26,30)(H,27,31)(H,28,29). The zero-order valence-electron chi connectivity index (χ0n) is 20.1. The van der Waals surface area contributed by atoms with Crippen LogP contribution in [-0.4, -0.2) is 62.0 Å². The number of alkyl carbamates (subject to hydrolysis) is 1. The molecule has 1 aliphatic rings. The monoisotopic (exact) mass is 469 g/mol. The molecule has 0 bridgehead atoms. The van der Waals surface area contributed by atoms with Crippen LogP contribution in [0.5, 0.6) is 0 Å². The molecule has 1 aliphatic carbocycles. The molecule has 0 heterocycles. The maximum absolute atomic E-state index is 12.5. The van der Waals surface area contributed by atoms with Gasteiger partial charge in [0.15, 0.2) is 0 Å². The maximum Gasteiger partial charge on any atom is 0.407 e. The Bertz CT molecular complexity index is 601. The molecule has 0 aromatic carbocycles. The smallest absolute Gasteiger partial charge is 0.407 e. The minimum Gasteiger partial charge on any atom is -0.481 e. The first kappa shape index (κ1) is 28.9. The van der Waals surface area contributed by atoms with Crippen molar-refractivity contribution < 1.29 is 29.0 Å². The summed E-state index contributed by atoms with van der Waals surface area (Å²) in [5, 5.41) is 14.0. The largest absolute Gasteiger partial charge is 0.481 e. The van der Waals surface area contributed by atoms with Gasteiger partial charge in [-0.1, -0.05) is 25.8 Å². The quantitative estimate of drug-likeness (QED) is 0.159. The molecule has 1 rings (SSSR count). The Labute approximate surface area is 197 Å². The van der Waals surface area contributed by atoms with Gasteiger partial charge in [-0.2, -0.15) is 0 Å². The van der Waals surface area contributed by atoms with Gasteiger partial charge in [0.2, 0.25) is 5.91 Å². The summed E-state index contributed by atoms with van der Waals surface area (Å²) < 4.78 is 10.7. The van der Waals surface area contributed by atoms with Crippen LogP contribution in [-0.2, 0) is 19.1 Å². The van der Waals surface area contributed by atoms with E-state index in [1.54, 1.807) is 0 Å². The van der Waals surface area contributed by atoms with Crippen molar-refractivity contribution in [2.24, 2.45) is 23.5 Å². The number of ether oxygens (including phenoxy) is 2. The number of nitrogens with one attached hydrogen (secondary N) is 2. The van der Waals surface area contributed by atoms with Crippen LogP contribution in [0.2, 0.25) is 0 Å². The molecule has 1 fully saturated rings. The first-order chi connectivity index (χ1) is 15.9. The van der Waals surface area contributed by atoms with Crippen LogP contribution in [0.15, 0.2) is 12.7 Å². The zero-order chi connectivity index (χ0) is 24.5. The van der Waals surface area contributed by atoms with Crippen LogP contribution < -0.4 is 16.4 Å². The summed E-state index contributed by atoms with van der Waals surface area (Å²) in [7, 11) is 0. The second-order valence-electron chi connectivity index (χ2n) is 8.63. The highest BCUT2D eigenvalue weighted by atomic mass is 16.5. The Kier molecular flexibility index (Phi) is 15.2. The van der Waals surface area contributed by atoms with Gasteiger partial charge >= 0.3 is 12.1 Å². The minimum atomic E-state index is -0.934. The van der Waals surface area contributed by atoms with Crippen molar-refractivity contribution in [1.82, 2.24) is 10.6 Å². The SMILES string of the molecule is C=CCCC1C(CCCC)C1COC(=O)NC(CCCCN)C(=O)NCCOCCC(=O)O. The summed E-state index contributed by atoms with van der Waals surface area (Å²) in [6, 6.07) is -0.713. The number of allylic oxidation sites excluding steroid dienone is 1. The molecule has 4 atom stereocenters. The molecule has 190 valence electrons.